The first-order chi connectivity index (χ1) is 12.1. The Morgan fingerprint density at radius 2 is 2.24 bits per heavy atom. The normalized spacial score (nSPS) is 17.2. The van der Waals surface area contributed by atoms with E-state index in [0.717, 1.165) is 18.9 Å². The Labute approximate surface area is 152 Å². The van der Waals surface area contributed by atoms with Gasteiger partial charge in [0, 0.05) is 19.3 Å². The average molecular weight is 361 g/mol. The monoisotopic (exact) mass is 360 g/mol. The quantitative estimate of drug-likeness (QED) is 0.834. The number of rotatable bonds is 4. The summed E-state index contributed by atoms with van der Waals surface area (Å²) in [5.74, 6) is 1.58. The largest absolute Gasteiger partial charge is 0.465 e. The van der Waals surface area contributed by atoms with Gasteiger partial charge < -0.3 is 15.0 Å². The van der Waals surface area contributed by atoms with Gasteiger partial charge in [0.2, 0.25) is 5.95 Å². The van der Waals surface area contributed by atoms with Gasteiger partial charge in [-0.2, -0.15) is 4.98 Å². The molecule has 0 radical (unpaired) electrons. The highest BCUT2D eigenvalue weighted by Crippen LogP contribution is 2.27. The second-order valence-corrected chi connectivity index (χ2v) is 6.65. The number of halogens is 1. The van der Waals surface area contributed by atoms with E-state index in [1.165, 1.54) is 20.0 Å². The van der Waals surface area contributed by atoms with E-state index in [-0.39, 0.29) is 0 Å². The predicted molar refractivity (Wildman–Crippen MR) is 98.7 cm³/mol. The first kappa shape index (κ1) is 17.5. The molecule has 1 aliphatic heterocycles. The molecule has 1 aromatic heterocycles. The minimum atomic E-state index is -0.420. The van der Waals surface area contributed by atoms with Crippen molar-refractivity contribution in [2.24, 2.45) is 5.92 Å². The number of anilines is 3. The van der Waals surface area contributed by atoms with Crippen LogP contribution in [0, 0.1) is 5.92 Å². The number of methoxy groups -OCH3 is 1. The molecule has 0 saturated carbocycles. The lowest BCUT2D eigenvalue weighted by Gasteiger charge is -2.31. The average Bonchev–Trinajstić information content (AvgIpc) is 2.63. The van der Waals surface area contributed by atoms with E-state index < -0.39 is 5.97 Å². The number of hydrogen-bond donors (Lipinski definition) is 1. The van der Waals surface area contributed by atoms with E-state index in [4.69, 9.17) is 16.3 Å². The van der Waals surface area contributed by atoms with Gasteiger partial charge in [0.05, 0.1) is 23.4 Å². The number of piperidine rings is 1. The number of ether oxygens (including phenoxy) is 1. The molecule has 132 valence electrons. The molecule has 25 heavy (non-hydrogen) atoms. The van der Waals surface area contributed by atoms with Crippen molar-refractivity contribution in [3.8, 4) is 0 Å². The third-order valence-electron chi connectivity index (χ3n) is 4.26. The summed E-state index contributed by atoms with van der Waals surface area (Å²) in [6.07, 6.45) is 4.14. The smallest absolute Gasteiger partial charge is 0.337 e. The molecule has 2 heterocycles. The third-order valence-corrected chi connectivity index (χ3v) is 4.59. The number of benzene rings is 1. The molecule has 1 saturated heterocycles. The third kappa shape index (κ3) is 4.20. The van der Waals surface area contributed by atoms with E-state index in [0.29, 0.717) is 28.1 Å². The number of aromatic nitrogens is 2. The van der Waals surface area contributed by atoms with Gasteiger partial charge in [-0.05, 0) is 43.0 Å². The highest BCUT2D eigenvalue weighted by Gasteiger charge is 2.18. The molecule has 7 heteroatoms. The highest BCUT2D eigenvalue weighted by molar-refractivity contribution is 6.33. The van der Waals surface area contributed by atoms with Crippen LogP contribution in [-0.2, 0) is 4.74 Å². The fourth-order valence-corrected chi connectivity index (χ4v) is 3.13. The minimum absolute atomic E-state index is 0.412. The van der Waals surface area contributed by atoms with Gasteiger partial charge in [-0.15, -0.1) is 0 Å². The lowest BCUT2D eigenvalue weighted by Crippen LogP contribution is -2.34. The number of nitrogens with one attached hydrogen (secondary N) is 1. The zero-order valence-corrected chi connectivity index (χ0v) is 15.1. The van der Waals surface area contributed by atoms with Crippen molar-refractivity contribution in [2.75, 3.05) is 30.4 Å². The van der Waals surface area contributed by atoms with Crippen LogP contribution in [0.3, 0.4) is 0 Å². The van der Waals surface area contributed by atoms with Crippen LogP contribution in [0.2, 0.25) is 5.02 Å². The van der Waals surface area contributed by atoms with E-state index >= 15 is 0 Å². The molecule has 1 aliphatic rings. The molecule has 3 rings (SSSR count). The molecule has 6 nitrogen and oxygen atoms in total. The van der Waals surface area contributed by atoms with Crippen molar-refractivity contribution in [3.63, 3.8) is 0 Å². The lowest BCUT2D eigenvalue weighted by atomic mass is 10.0. The summed E-state index contributed by atoms with van der Waals surface area (Å²) < 4.78 is 4.74. The van der Waals surface area contributed by atoms with Crippen molar-refractivity contribution in [3.05, 3.63) is 41.0 Å². The van der Waals surface area contributed by atoms with Crippen LogP contribution in [0.25, 0.3) is 0 Å². The van der Waals surface area contributed by atoms with E-state index in [2.05, 4.69) is 27.1 Å². The first-order valence-electron chi connectivity index (χ1n) is 8.29. The maximum absolute atomic E-state index is 11.7. The molecule has 1 N–H and O–H groups in total. The fraction of sp³-hybridized carbons (Fsp3) is 0.389. The fourth-order valence-electron chi connectivity index (χ4n) is 2.97. The number of hydrogen-bond acceptors (Lipinski definition) is 6. The van der Waals surface area contributed by atoms with Gasteiger partial charge in [-0.3, -0.25) is 0 Å². The molecule has 0 amide bonds. The van der Waals surface area contributed by atoms with Crippen LogP contribution in [0.4, 0.5) is 17.5 Å². The first-order valence-corrected chi connectivity index (χ1v) is 8.67. The van der Waals surface area contributed by atoms with Gasteiger partial charge in [0.15, 0.2) is 0 Å². The van der Waals surface area contributed by atoms with Crippen LogP contribution in [0.1, 0.15) is 30.1 Å². The summed E-state index contributed by atoms with van der Waals surface area (Å²) in [5, 5.41) is 3.57. The molecule has 0 spiro atoms. The van der Waals surface area contributed by atoms with Gasteiger partial charge in [-0.1, -0.05) is 18.5 Å². The molecule has 2 aromatic rings. The van der Waals surface area contributed by atoms with E-state index in [9.17, 15) is 4.79 Å². The number of esters is 1. The summed E-state index contributed by atoms with van der Waals surface area (Å²) >= 11 is 6.22. The van der Waals surface area contributed by atoms with Crippen LogP contribution < -0.4 is 10.2 Å². The van der Waals surface area contributed by atoms with Crippen LogP contribution in [0.5, 0.6) is 0 Å². The molecular weight excluding hydrogens is 340 g/mol. The van der Waals surface area contributed by atoms with E-state index in [1.807, 2.05) is 6.07 Å². The minimum Gasteiger partial charge on any atom is -0.465 e. The Morgan fingerprint density at radius 1 is 1.40 bits per heavy atom. The predicted octanol–water partition coefficient (Wildman–Crippen LogP) is 3.90. The second-order valence-electron chi connectivity index (χ2n) is 6.24. The summed E-state index contributed by atoms with van der Waals surface area (Å²) in [7, 11) is 1.34. The van der Waals surface area contributed by atoms with Crippen LogP contribution >= 0.6 is 11.6 Å². The topological polar surface area (TPSA) is 67.3 Å². The molecule has 0 bridgehead atoms. The van der Waals surface area contributed by atoms with Crippen molar-refractivity contribution in [1.82, 2.24) is 9.97 Å². The van der Waals surface area contributed by atoms with Crippen molar-refractivity contribution < 1.29 is 9.53 Å². The molecule has 0 aliphatic carbocycles. The zero-order chi connectivity index (χ0) is 17.8. The Hall–Kier alpha value is -2.34. The Kier molecular flexibility index (Phi) is 5.38. The summed E-state index contributed by atoms with van der Waals surface area (Å²) in [6, 6.07) is 6.81. The van der Waals surface area contributed by atoms with Gasteiger partial charge >= 0.3 is 5.97 Å². The Morgan fingerprint density at radius 3 is 3.00 bits per heavy atom. The zero-order valence-electron chi connectivity index (χ0n) is 14.3. The SMILES string of the molecule is COC(=O)c1ccc(Cl)c(Nc2nccc(N3CCCC(C)C3)n2)c1. The highest BCUT2D eigenvalue weighted by atomic mass is 35.5. The maximum atomic E-state index is 11.7. The van der Waals surface area contributed by atoms with Gasteiger partial charge in [0.25, 0.3) is 0 Å². The molecule has 1 unspecified atom stereocenters. The summed E-state index contributed by atoms with van der Waals surface area (Å²) in [4.78, 5) is 22.8. The summed E-state index contributed by atoms with van der Waals surface area (Å²) in [5.41, 5.74) is 0.976. The molecular formula is C18H21ClN4O2. The van der Waals surface area contributed by atoms with Crippen LogP contribution in [-0.4, -0.2) is 36.1 Å². The van der Waals surface area contributed by atoms with Gasteiger partial charge in [-0.25, -0.2) is 9.78 Å². The number of carbonyl (C=O) groups is 1. The molecule has 1 atom stereocenters. The van der Waals surface area contributed by atoms with Crippen LogP contribution in [0.15, 0.2) is 30.5 Å². The maximum Gasteiger partial charge on any atom is 0.337 e. The van der Waals surface area contributed by atoms with E-state index in [1.54, 1.807) is 24.4 Å². The lowest BCUT2D eigenvalue weighted by molar-refractivity contribution is 0.0601. The second kappa shape index (κ2) is 7.70. The number of carbonyl (C=O) groups excluding carboxylic acids is 1. The van der Waals surface area contributed by atoms with Crippen molar-refractivity contribution in [2.45, 2.75) is 19.8 Å². The van der Waals surface area contributed by atoms with Gasteiger partial charge in [0.1, 0.15) is 5.82 Å². The van der Waals surface area contributed by atoms with Crippen molar-refractivity contribution >= 4 is 35.0 Å². The van der Waals surface area contributed by atoms with Crippen molar-refractivity contribution in [1.29, 1.82) is 0 Å². The molecule has 1 fully saturated rings. The Balaban J connectivity index is 1.81. The standard InChI is InChI=1S/C18H21ClN4O2/c1-12-4-3-9-23(11-12)16-7-8-20-18(22-16)21-15-10-13(17(24)25-2)5-6-14(15)19/h5-8,10,12H,3-4,9,11H2,1-2H3,(H,20,21,22). The number of nitrogens with zero attached hydrogens (tertiary/aromatic N) is 3. The summed E-state index contributed by atoms with van der Waals surface area (Å²) in [6.45, 7) is 4.25. The Bertz CT molecular complexity index is 768. The molecule has 1 aromatic carbocycles.